The minimum Gasteiger partial charge on any atom is -0.387 e. The number of aromatic nitrogens is 2. The Bertz CT molecular complexity index is 951. The first-order valence-corrected chi connectivity index (χ1v) is 10.5. The van der Waals surface area contributed by atoms with Crippen LogP contribution in [0.15, 0.2) is 24.5 Å². The number of hydrogen-bond donors (Lipinski definition) is 2. The van der Waals surface area contributed by atoms with Crippen LogP contribution in [0.1, 0.15) is 48.1 Å². The van der Waals surface area contributed by atoms with E-state index in [2.05, 4.69) is 21.8 Å². The predicted molar refractivity (Wildman–Crippen MR) is 112 cm³/mol. The summed E-state index contributed by atoms with van der Waals surface area (Å²) < 4.78 is 13.9. The lowest BCUT2D eigenvalue weighted by molar-refractivity contribution is -0.132. The summed E-state index contributed by atoms with van der Waals surface area (Å²) in [6.45, 7) is 4.42. The fourth-order valence-corrected chi connectivity index (χ4v) is 4.54. The number of halogens is 2. The molecule has 0 saturated carbocycles. The van der Waals surface area contributed by atoms with Gasteiger partial charge in [-0.2, -0.15) is 0 Å². The third kappa shape index (κ3) is 3.75. The first-order chi connectivity index (χ1) is 14.4. The maximum absolute atomic E-state index is 13.9. The van der Waals surface area contributed by atoms with Crippen molar-refractivity contribution in [2.75, 3.05) is 37.6 Å². The first-order valence-electron chi connectivity index (χ1n) is 10.1. The Morgan fingerprint density at radius 3 is 2.73 bits per heavy atom. The molecule has 1 unspecified atom stereocenters. The molecular formula is C21H25ClFN5O2. The summed E-state index contributed by atoms with van der Waals surface area (Å²) in [6.07, 6.45) is 1.59. The Balaban J connectivity index is 1.47. The number of nitrogens with two attached hydrogens (primary N) is 1. The third-order valence-corrected chi connectivity index (χ3v) is 6.36. The highest BCUT2D eigenvalue weighted by Crippen LogP contribution is 2.42. The number of aliphatic hydroxyl groups is 1. The van der Waals surface area contributed by atoms with Gasteiger partial charge in [-0.3, -0.25) is 4.79 Å². The van der Waals surface area contributed by atoms with Crippen LogP contribution in [-0.4, -0.2) is 58.6 Å². The molecule has 7 nitrogen and oxygen atoms in total. The van der Waals surface area contributed by atoms with Crippen LogP contribution in [0.5, 0.6) is 0 Å². The molecule has 9 heteroatoms. The van der Waals surface area contributed by atoms with E-state index in [0.717, 1.165) is 11.4 Å². The summed E-state index contributed by atoms with van der Waals surface area (Å²) in [5, 5.41) is 10.2. The van der Waals surface area contributed by atoms with E-state index < -0.39 is 17.8 Å². The second-order valence-corrected chi connectivity index (χ2v) is 8.33. The zero-order chi connectivity index (χ0) is 21.4. The van der Waals surface area contributed by atoms with E-state index in [0.29, 0.717) is 43.9 Å². The topological polar surface area (TPSA) is 95.6 Å². The van der Waals surface area contributed by atoms with Crippen LogP contribution in [0.25, 0.3) is 0 Å². The molecule has 30 heavy (non-hydrogen) atoms. The van der Waals surface area contributed by atoms with Crippen LogP contribution in [0, 0.1) is 5.82 Å². The van der Waals surface area contributed by atoms with Gasteiger partial charge in [-0.05, 0) is 30.0 Å². The molecule has 4 rings (SSSR count). The van der Waals surface area contributed by atoms with Crippen molar-refractivity contribution in [2.24, 2.45) is 5.73 Å². The molecule has 1 amide bonds. The summed E-state index contributed by atoms with van der Waals surface area (Å²) in [5.41, 5.74) is 8.09. The number of benzene rings is 1. The number of hydrogen-bond acceptors (Lipinski definition) is 6. The van der Waals surface area contributed by atoms with E-state index >= 15 is 0 Å². The fourth-order valence-electron chi connectivity index (χ4n) is 4.42. The quantitative estimate of drug-likeness (QED) is 0.767. The highest BCUT2D eigenvalue weighted by atomic mass is 35.5. The molecule has 1 fully saturated rings. The molecule has 0 radical (unpaired) electrons. The monoisotopic (exact) mass is 433 g/mol. The maximum atomic E-state index is 13.9. The Morgan fingerprint density at radius 2 is 2.07 bits per heavy atom. The molecule has 160 valence electrons. The highest BCUT2D eigenvalue weighted by Gasteiger charge is 2.34. The van der Waals surface area contributed by atoms with Crippen LogP contribution >= 0.6 is 11.6 Å². The molecule has 0 bridgehead atoms. The van der Waals surface area contributed by atoms with Gasteiger partial charge in [0.2, 0.25) is 5.91 Å². The van der Waals surface area contributed by atoms with Gasteiger partial charge in [-0.15, -0.1) is 0 Å². The van der Waals surface area contributed by atoms with Gasteiger partial charge in [0.15, 0.2) is 0 Å². The van der Waals surface area contributed by atoms with Gasteiger partial charge in [0, 0.05) is 38.3 Å². The van der Waals surface area contributed by atoms with E-state index in [-0.39, 0.29) is 23.4 Å². The molecule has 1 aromatic carbocycles. The van der Waals surface area contributed by atoms with E-state index in [1.54, 1.807) is 11.0 Å². The van der Waals surface area contributed by atoms with Crippen molar-refractivity contribution in [1.29, 1.82) is 0 Å². The van der Waals surface area contributed by atoms with Crippen molar-refractivity contribution in [3.63, 3.8) is 0 Å². The van der Waals surface area contributed by atoms with Crippen LogP contribution in [0.3, 0.4) is 0 Å². The minimum atomic E-state index is -0.609. The van der Waals surface area contributed by atoms with Crippen molar-refractivity contribution in [1.82, 2.24) is 14.9 Å². The average molecular weight is 434 g/mol. The lowest BCUT2D eigenvalue weighted by atomic mass is 9.97. The zero-order valence-electron chi connectivity index (χ0n) is 16.8. The highest BCUT2D eigenvalue weighted by molar-refractivity contribution is 6.30. The lowest BCUT2D eigenvalue weighted by Crippen LogP contribution is -2.51. The molecule has 1 aromatic heterocycles. The Hall–Kier alpha value is -2.29. The molecule has 0 spiro atoms. The normalized spacial score (nSPS) is 22.2. The number of carbonyl (C=O) groups excluding carboxylic acids is 1. The number of fused-ring (bicyclic) bond motifs is 1. The van der Waals surface area contributed by atoms with Gasteiger partial charge in [-0.1, -0.05) is 24.6 Å². The smallest absolute Gasteiger partial charge is 0.231 e. The largest absolute Gasteiger partial charge is 0.387 e. The number of amides is 1. The van der Waals surface area contributed by atoms with Crippen molar-refractivity contribution in [3.05, 3.63) is 52.2 Å². The lowest BCUT2D eigenvalue weighted by Gasteiger charge is -2.37. The standard InChI is InChI=1S/C21H25ClFN5O2/c1-12-8-17(29)19-18(12)20(26-11-25-19)27-4-6-28(7-5-27)21(30)14(10-24)13-2-3-15(22)16(23)9-13/h2-3,9,11-12,14,17,29H,4-8,10,24H2,1H3/t12?,14-,17+/m1/s1. The molecule has 1 saturated heterocycles. The zero-order valence-corrected chi connectivity index (χ0v) is 17.5. The van der Waals surface area contributed by atoms with Gasteiger partial charge in [0.25, 0.3) is 0 Å². The predicted octanol–water partition coefficient (Wildman–Crippen LogP) is 2.20. The number of carbonyl (C=O) groups is 1. The maximum Gasteiger partial charge on any atom is 0.231 e. The summed E-state index contributed by atoms with van der Waals surface area (Å²) in [5.74, 6) is -0.255. The molecule has 2 aliphatic rings. The Kier molecular flexibility index (Phi) is 5.90. The van der Waals surface area contributed by atoms with E-state index in [9.17, 15) is 14.3 Å². The third-order valence-electron chi connectivity index (χ3n) is 6.05. The first kappa shape index (κ1) is 21.0. The van der Waals surface area contributed by atoms with E-state index in [1.165, 1.54) is 18.5 Å². The molecule has 3 N–H and O–H groups in total. The van der Waals surface area contributed by atoms with Crippen molar-refractivity contribution in [3.8, 4) is 0 Å². The van der Waals surface area contributed by atoms with Crippen LogP contribution in [0.2, 0.25) is 5.02 Å². The van der Waals surface area contributed by atoms with Crippen LogP contribution in [0.4, 0.5) is 10.2 Å². The number of nitrogens with zero attached hydrogens (tertiary/aromatic N) is 4. The van der Waals surface area contributed by atoms with Crippen molar-refractivity contribution < 1.29 is 14.3 Å². The summed E-state index contributed by atoms with van der Waals surface area (Å²) in [4.78, 5) is 25.7. The van der Waals surface area contributed by atoms with Crippen molar-refractivity contribution in [2.45, 2.75) is 31.3 Å². The average Bonchev–Trinajstić information content (AvgIpc) is 3.05. The summed E-state index contributed by atoms with van der Waals surface area (Å²) in [7, 11) is 0. The van der Waals surface area contributed by atoms with E-state index in [1.807, 2.05) is 0 Å². The molecule has 2 heterocycles. The van der Waals surface area contributed by atoms with Crippen molar-refractivity contribution >= 4 is 23.3 Å². The van der Waals surface area contributed by atoms with Gasteiger partial charge >= 0.3 is 0 Å². The van der Waals surface area contributed by atoms with Crippen LogP contribution < -0.4 is 10.6 Å². The van der Waals surface area contributed by atoms with Crippen LogP contribution in [-0.2, 0) is 4.79 Å². The summed E-state index contributed by atoms with van der Waals surface area (Å²) in [6, 6.07) is 4.38. The van der Waals surface area contributed by atoms with Gasteiger partial charge < -0.3 is 20.6 Å². The molecule has 1 aliphatic heterocycles. The van der Waals surface area contributed by atoms with E-state index in [4.69, 9.17) is 17.3 Å². The molecule has 3 atom stereocenters. The number of aliphatic hydroxyl groups excluding tert-OH is 1. The number of piperazine rings is 1. The molecule has 1 aliphatic carbocycles. The minimum absolute atomic E-state index is 0.0207. The molecular weight excluding hydrogens is 409 g/mol. The fraction of sp³-hybridized carbons (Fsp3) is 0.476. The van der Waals surface area contributed by atoms with Gasteiger partial charge in [0.05, 0.1) is 22.7 Å². The number of anilines is 1. The van der Waals surface area contributed by atoms with Gasteiger partial charge in [0.1, 0.15) is 18.0 Å². The molecule has 2 aromatic rings. The van der Waals surface area contributed by atoms with Gasteiger partial charge in [-0.25, -0.2) is 14.4 Å². The number of rotatable bonds is 4. The Morgan fingerprint density at radius 1 is 1.33 bits per heavy atom. The Labute approximate surface area is 179 Å². The second kappa shape index (κ2) is 8.45. The second-order valence-electron chi connectivity index (χ2n) is 7.92. The summed E-state index contributed by atoms with van der Waals surface area (Å²) >= 11 is 5.76. The SMILES string of the molecule is CC1C[C@H](O)c2ncnc(N3CCN(C(=O)[C@H](CN)c4ccc(Cl)c(F)c4)CC3)c21.